The Kier molecular flexibility index (Phi) is 3.96. The van der Waals surface area contributed by atoms with Gasteiger partial charge in [0, 0.05) is 30.7 Å². The van der Waals surface area contributed by atoms with Gasteiger partial charge in [-0.1, -0.05) is 6.92 Å². The summed E-state index contributed by atoms with van der Waals surface area (Å²) in [5.74, 6) is -0.00742. The number of aromatic nitrogens is 1. The number of aryl methyl sites for hydroxylation is 1. The van der Waals surface area contributed by atoms with E-state index in [0.29, 0.717) is 11.6 Å². The third-order valence-corrected chi connectivity index (χ3v) is 3.95. The van der Waals surface area contributed by atoms with Crippen LogP contribution in [0.5, 0.6) is 0 Å². The number of nitrogens with zero attached hydrogens (tertiary/aromatic N) is 1. The van der Waals surface area contributed by atoms with E-state index in [1.54, 1.807) is 0 Å². The summed E-state index contributed by atoms with van der Waals surface area (Å²) >= 11 is 1.52. The third kappa shape index (κ3) is 3.07. The van der Waals surface area contributed by atoms with Gasteiger partial charge in [0.15, 0.2) is 5.13 Å². The summed E-state index contributed by atoms with van der Waals surface area (Å²) in [5.41, 5.74) is 1.06. The van der Waals surface area contributed by atoms with E-state index in [2.05, 4.69) is 15.6 Å². The monoisotopic (exact) mass is 267 g/mol. The van der Waals surface area contributed by atoms with Crippen LogP contribution in [0.2, 0.25) is 0 Å². The van der Waals surface area contributed by atoms with E-state index in [-0.39, 0.29) is 17.9 Å². The Balaban J connectivity index is 2.04. The van der Waals surface area contributed by atoms with Crippen LogP contribution in [0.3, 0.4) is 0 Å². The van der Waals surface area contributed by atoms with Gasteiger partial charge in [-0.2, -0.15) is 0 Å². The fraction of sp³-hybridized carbons (Fsp3) is 0.583. The molecule has 0 fully saturated rings. The van der Waals surface area contributed by atoms with E-state index in [9.17, 15) is 9.59 Å². The maximum absolute atomic E-state index is 11.3. The van der Waals surface area contributed by atoms with Crippen LogP contribution >= 0.6 is 11.3 Å². The lowest BCUT2D eigenvalue weighted by molar-refractivity contribution is -0.119. The molecular formula is C12H17N3O2S. The van der Waals surface area contributed by atoms with Gasteiger partial charge in [-0.3, -0.25) is 9.59 Å². The molecule has 0 radical (unpaired) electrons. The molecule has 0 unspecified atom stereocenters. The zero-order valence-corrected chi connectivity index (χ0v) is 11.4. The molecule has 0 spiro atoms. The Morgan fingerprint density at radius 3 is 2.94 bits per heavy atom. The number of fused-ring (bicyclic) bond motifs is 1. The fourth-order valence-electron chi connectivity index (χ4n) is 2.05. The molecule has 0 aliphatic heterocycles. The molecule has 98 valence electrons. The van der Waals surface area contributed by atoms with Gasteiger partial charge < -0.3 is 10.6 Å². The van der Waals surface area contributed by atoms with Crippen molar-refractivity contribution >= 4 is 28.3 Å². The first kappa shape index (κ1) is 13.0. The Bertz CT molecular complexity index is 470. The molecule has 6 heteroatoms. The molecule has 0 aromatic carbocycles. The molecule has 2 rings (SSSR count). The van der Waals surface area contributed by atoms with Crippen LogP contribution in [-0.4, -0.2) is 22.8 Å². The van der Waals surface area contributed by atoms with E-state index in [1.165, 1.54) is 23.1 Å². The van der Waals surface area contributed by atoms with Crippen LogP contribution in [0.25, 0.3) is 0 Å². The molecular weight excluding hydrogens is 250 g/mol. The van der Waals surface area contributed by atoms with Crippen LogP contribution in [-0.2, 0) is 22.4 Å². The lowest BCUT2D eigenvalue weighted by Gasteiger charge is -2.21. The number of hydrogen-bond donors (Lipinski definition) is 2. The minimum atomic E-state index is -0.0143. The van der Waals surface area contributed by atoms with Gasteiger partial charge in [-0.25, -0.2) is 4.98 Å². The highest BCUT2D eigenvalue weighted by Gasteiger charge is 2.23. The van der Waals surface area contributed by atoms with Gasteiger partial charge in [0.1, 0.15) is 0 Å². The Hall–Kier alpha value is -1.43. The first-order valence-corrected chi connectivity index (χ1v) is 6.95. The summed E-state index contributed by atoms with van der Waals surface area (Å²) in [7, 11) is 0. The van der Waals surface area contributed by atoms with Crippen molar-refractivity contribution in [3.05, 3.63) is 10.6 Å². The molecule has 0 saturated carbocycles. The number of thiazole rings is 1. The predicted octanol–water partition coefficient (Wildman–Crippen LogP) is 1.49. The van der Waals surface area contributed by atoms with Crippen molar-refractivity contribution in [2.24, 2.45) is 0 Å². The van der Waals surface area contributed by atoms with Gasteiger partial charge in [-0.05, 0) is 12.8 Å². The molecule has 2 amide bonds. The van der Waals surface area contributed by atoms with Gasteiger partial charge in [0.25, 0.3) is 0 Å². The first-order valence-electron chi connectivity index (χ1n) is 6.14. The molecule has 18 heavy (non-hydrogen) atoms. The van der Waals surface area contributed by atoms with Crippen molar-refractivity contribution < 1.29 is 9.59 Å². The highest BCUT2D eigenvalue weighted by atomic mass is 32.1. The molecule has 5 nitrogen and oxygen atoms in total. The first-order chi connectivity index (χ1) is 8.58. The van der Waals surface area contributed by atoms with Crippen LogP contribution in [0.15, 0.2) is 0 Å². The quantitative estimate of drug-likeness (QED) is 0.871. The maximum atomic E-state index is 11.3. The largest absolute Gasteiger partial charge is 0.353 e. The topological polar surface area (TPSA) is 71.1 Å². The number of rotatable bonds is 3. The van der Waals surface area contributed by atoms with E-state index in [0.717, 1.165) is 25.0 Å². The number of anilines is 1. The van der Waals surface area contributed by atoms with Crippen molar-refractivity contribution in [2.45, 2.75) is 45.6 Å². The van der Waals surface area contributed by atoms with E-state index < -0.39 is 0 Å². The molecule has 1 aliphatic rings. The lowest BCUT2D eigenvalue weighted by atomic mass is 9.98. The minimum Gasteiger partial charge on any atom is -0.353 e. The number of hydrogen-bond acceptors (Lipinski definition) is 4. The second-order valence-electron chi connectivity index (χ2n) is 4.43. The Morgan fingerprint density at radius 2 is 2.28 bits per heavy atom. The predicted molar refractivity (Wildman–Crippen MR) is 70.7 cm³/mol. The Morgan fingerprint density at radius 1 is 1.50 bits per heavy atom. The van der Waals surface area contributed by atoms with Crippen molar-refractivity contribution in [3.8, 4) is 0 Å². The van der Waals surface area contributed by atoms with Crippen LogP contribution in [0, 0.1) is 0 Å². The molecule has 1 aromatic rings. The van der Waals surface area contributed by atoms with Crippen molar-refractivity contribution in [1.82, 2.24) is 10.3 Å². The Labute approximate surface area is 110 Å². The van der Waals surface area contributed by atoms with E-state index >= 15 is 0 Å². The lowest BCUT2D eigenvalue weighted by Crippen LogP contribution is -2.37. The summed E-state index contributed by atoms with van der Waals surface area (Å²) < 4.78 is 0. The summed E-state index contributed by atoms with van der Waals surface area (Å²) in [6.45, 7) is 3.35. The van der Waals surface area contributed by atoms with E-state index in [1.807, 2.05) is 6.92 Å². The molecule has 2 N–H and O–H groups in total. The molecule has 0 bridgehead atoms. The summed E-state index contributed by atoms with van der Waals surface area (Å²) in [4.78, 5) is 27.9. The van der Waals surface area contributed by atoms with Crippen molar-refractivity contribution in [1.29, 1.82) is 0 Å². The number of amides is 2. The summed E-state index contributed by atoms with van der Waals surface area (Å²) in [6, 6.07) is 0.199. The van der Waals surface area contributed by atoms with Crippen molar-refractivity contribution in [2.75, 3.05) is 5.32 Å². The van der Waals surface area contributed by atoms with Gasteiger partial charge >= 0.3 is 0 Å². The second-order valence-corrected chi connectivity index (χ2v) is 5.51. The van der Waals surface area contributed by atoms with Gasteiger partial charge in [0.2, 0.25) is 11.8 Å². The smallest absolute Gasteiger partial charge is 0.225 e. The molecule has 1 aromatic heterocycles. The van der Waals surface area contributed by atoms with Gasteiger partial charge in [-0.15, -0.1) is 11.3 Å². The number of nitrogens with one attached hydrogen (secondary N) is 2. The highest BCUT2D eigenvalue weighted by Crippen LogP contribution is 2.29. The molecule has 1 aliphatic carbocycles. The zero-order valence-electron chi connectivity index (χ0n) is 10.6. The summed E-state index contributed by atoms with van der Waals surface area (Å²) in [5, 5.41) is 6.40. The third-order valence-electron chi connectivity index (χ3n) is 2.91. The molecule has 0 saturated heterocycles. The summed E-state index contributed by atoms with van der Waals surface area (Å²) in [6.07, 6.45) is 3.05. The van der Waals surface area contributed by atoms with Crippen LogP contribution in [0.1, 0.15) is 37.3 Å². The second kappa shape index (κ2) is 5.48. The zero-order chi connectivity index (χ0) is 13.1. The van der Waals surface area contributed by atoms with Crippen LogP contribution in [0.4, 0.5) is 5.13 Å². The molecule has 1 heterocycles. The normalized spacial score (nSPS) is 18.0. The highest BCUT2D eigenvalue weighted by molar-refractivity contribution is 7.15. The fourth-order valence-corrected chi connectivity index (χ4v) is 3.15. The van der Waals surface area contributed by atoms with Crippen LogP contribution < -0.4 is 10.6 Å². The average Bonchev–Trinajstić information content (AvgIpc) is 2.69. The maximum Gasteiger partial charge on any atom is 0.225 e. The SMILES string of the molecule is CCC(=O)Nc1nc2c(s1)C[C@@H](NC(C)=O)CC2. The standard InChI is InChI=1S/C12H17N3O2S/c1-3-11(17)15-12-14-9-5-4-8(13-7(2)16)6-10(9)18-12/h8H,3-6H2,1-2H3,(H,13,16)(H,14,15,17)/t8-/m0/s1. The average molecular weight is 267 g/mol. The minimum absolute atomic E-state index is 0.00692. The van der Waals surface area contributed by atoms with E-state index in [4.69, 9.17) is 0 Å². The number of carbonyl (C=O) groups excluding carboxylic acids is 2. The van der Waals surface area contributed by atoms with Gasteiger partial charge in [0.05, 0.1) is 5.69 Å². The number of carbonyl (C=O) groups is 2. The van der Waals surface area contributed by atoms with Crippen molar-refractivity contribution in [3.63, 3.8) is 0 Å². The molecule has 1 atom stereocenters.